The highest BCUT2D eigenvalue weighted by atomic mass is 16.6. The normalized spacial score (nSPS) is 11.8. The van der Waals surface area contributed by atoms with Crippen LogP contribution in [0.4, 0.5) is 0 Å². The monoisotopic (exact) mass is 208 g/mol. The van der Waals surface area contributed by atoms with E-state index < -0.39 is 11.6 Å². The smallest absolute Gasteiger partial charge is 0.352 e. The third-order valence-corrected chi connectivity index (χ3v) is 1.41. The lowest BCUT2D eigenvalue weighted by atomic mass is 10.1. The molecule has 4 heteroatoms. The van der Waals surface area contributed by atoms with Gasteiger partial charge < -0.3 is 4.74 Å². The minimum absolute atomic E-state index is 0.131. The van der Waals surface area contributed by atoms with E-state index >= 15 is 0 Å². The molecule has 0 aromatic rings. The van der Waals surface area contributed by atoms with E-state index in [0.717, 1.165) is 0 Å². The van der Waals surface area contributed by atoms with E-state index in [-0.39, 0.29) is 12.1 Å². The van der Waals surface area contributed by atoms with Crippen LogP contribution in [0.15, 0.2) is 11.6 Å². The van der Waals surface area contributed by atoms with Gasteiger partial charge in [0.1, 0.15) is 11.3 Å². The molecule has 0 atom stereocenters. The molecule has 0 bridgehead atoms. The molecule has 1 N–H and O–H groups in total. The Morgan fingerprint density at radius 1 is 1.53 bits per heavy atom. The molecule has 0 aliphatic rings. The number of ether oxygens (including phenoxy) is 1. The largest absolute Gasteiger partial charge is 0.455 e. The molecule has 0 radical (unpaired) electrons. The van der Waals surface area contributed by atoms with Crippen molar-refractivity contribution < 1.29 is 9.53 Å². The molecule has 0 fully saturated rings. The van der Waals surface area contributed by atoms with Crippen molar-refractivity contribution in [3.63, 3.8) is 0 Å². The summed E-state index contributed by atoms with van der Waals surface area (Å²) in [5, 5.41) is 15.8. The summed E-state index contributed by atoms with van der Waals surface area (Å²) in [5.41, 5.74) is -0.0433. The SMILES string of the molecule is CC(=CC#N)CC(=N)C(=O)OC(C)(C)C. The van der Waals surface area contributed by atoms with Crippen LogP contribution in [-0.2, 0) is 9.53 Å². The summed E-state index contributed by atoms with van der Waals surface area (Å²) >= 11 is 0. The van der Waals surface area contributed by atoms with Crippen molar-refractivity contribution in [2.45, 2.75) is 39.7 Å². The van der Waals surface area contributed by atoms with Crippen molar-refractivity contribution >= 4 is 11.7 Å². The van der Waals surface area contributed by atoms with E-state index in [1.807, 2.05) is 6.07 Å². The van der Waals surface area contributed by atoms with Gasteiger partial charge in [0, 0.05) is 12.5 Å². The zero-order valence-electron chi connectivity index (χ0n) is 9.55. The highest BCUT2D eigenvalue weighted by Gasteiger charge is 2.19. The number of hydrogen-bond donors (Lipinski definition) is 1. The van der Waals surface area contributed by atoms with Crippen molar-refractivity contribution in [3.8, 4) is 6.07 Å². The van der Waals surface area contributed by atoms with Crippen molar-refractivity contribution in [1.29, 1.82) is 10.7 Å². The van der Waals surface area contributed by atoms with Crippen LogP contribution in [-0.4, -0.2) is 17.3 Å². The van der Waals surface area contributed by atoms with Crippen molar-refractivity contribution in [2.75, 3.05) is 0 Å². The maximum absolute atomic E-state index is 11.3. The second-order valence-electron chi connectivity index (χ2n) is 4.28. The molecule has 0 unspecified atom stereocenters. The van der Waals surface area contributed by atoms with Gasteiger partial charge in [-0.25, -0.2) is 4.79 Å². The first-order chi connectivity index (χ1) is 6.76. The molecule has 15 heavy (non-hydrogen) atoms. The molecule has 0 heterocycles. The number of allylic oxidation sites excluding steroid dienone is 2. The average molecular weight is 208 g/mol. The fraction of sp³-hybridized carbons (Fsp3) is 0.545. The number of nitrogens with one attached hydrogen (secondary N) is 1. The minimum Gasteiger partial charge on any atom is -0.455 e. The number of carbonyl (C=O) groups is 1. The number of hydrogen-bond acceptors (Lipinski definition) is 4. The lowest BCUT2D eigenvalue weighted by Gasteiger charge is -2.19. The lowest BCUT2D eigenvalue weighted by Crippen LogP contribution is -2.28. The molecule has 0 rings (SSSR count). The van der Waals surface area contributed by atoms with Gasteiger partial charge in [-0.1, -0.05) is 5.57 Å². The molecule has 0 aliphatic heterocycles. The topological polar surface area (TPSA) is 73.9 Å². The van der Waals surface area contributed by atoms with Gasteiger partial charge in [-0.15, -0.1) is 0 Å². The predicted octanol–water partition coefficient (Wildman–Crippen LogP) is 2.21. The second-order valence-corrected chi connectivity index (χ2v) is 4.28. The van der Waals surface area contributed by atoms with Gasteiger partial charge in [0.25, 0.3) is 0 Å². The number of esters is 1. The van der Waals surface area contributed by atoms with E-state index in [0.29, 0.717) is 5.57 Å². The highest BCUT2D eigenvalue weighted by molar-refractivity contribution is 6.35. The molecular formula is C11H16N2O2. The molecule has 0 aliphatic carbocycles. The first-order valence-electron chi connectivity index (χ1n) is 4.62. The first-order valence-corrected chi connectivity index (χ1v) is 4.62. The third kappa shape index (κ3) is 6.44. The Hall–Kier alpha value is -1.63. The van der Waals surface area contributed by atoms with Gasteiger partial charge >= 0.3 is 5.97 Å². The molecule has 0 saturated heterocycles. The molecule has 0 spiro atoms. The van der Waals surface area contributed by atoms with E-state index in [1.165, 1.54) is 6.08 Å². The van der Waals surface area contributed by atoms with E-state index in [1.54, 1.807) is 27.7 Å². The predicted molar refractivity (Wildman–Crippen MR) is 57.6 cm³/mol. The van der Waals surface area contributed by atoms with Crippen LogP contribution in [0.1, 0.15) is 34.1 Å². The Bertz CT molecular complexity index is 329. The molecule has 0 aromatic carbocycles. The van der Waals surface area contributed by atoms with Crippen LogP contribution >= 0.6 is 0 Å². The van der Waals surface area contributed by atoms with E-state index in [9.17, 15) is 4.79 Å². The molecular weight excluding hydrogens is 192 g/mol. The quantitative estimate of drug-likeness (QED) is 0.439. The van der Waals surface area contributed by atoms with Crippen molar-refractivity contribution in [1.82, 2.24) is 0 Å². The minimum atomic E-state index is -0.631. The van der Waals surface area contributed by atoms with Gasteiger partial charge in [-0.3, -0.25) is 5.41 Å². The lowest BCUT2D eigenvalue weighted by molar-refractivity contribution is -0.146. The summed E-state index contributed by atoms with van der Waals surface area (Å²) < 4.78 is 5.00. The summed E-state index contributed by atoms with van der Waals surface area (Å²) in [5.74, 6) is -0.631. The highest BCUT2D eigenvalue weighted by Crippen LogP contribution is 2.09. The van der Waals surface area contributed by atoms with Crippen LogP contribution in [0.25, 0.3) is 0 Å². The fourth-order valence-corrected chi connectivity index (χ4v) is 0.852. The van der Waals surface area contributed by atoms with Gasteiger partial charge in [-0.2, -0.15) is 5.26 Å². The maximum atomic E-state index is 11.3. The Labute approximate surface area is 90.1 Å². The number of carbonyl (C=O) groups excluding carboxylic acids is 1. The van der Waals surface area contributed by atoms with Gasteiger partial charge in [0.15, 0.2) is 0 Å². The number of rotatable bonds is 3. The van der Waals surface area contributed by atoms with Gasteiger partial charge in [-0.05, 0) is 27.7 Å². The Kier molecular flexibility index (Phi) is 4.72. The molecule has 4 nitrogen and oxygen atoms in total. The average Bonchev–Trinajstić information content (AvgIpc) is 2.00. The van der Waals surface area contributed by atoms with Crippen LogP contribution in [0.3, 0.4) is 0 Å². The van der Waals surface area contributed by atoms with Crippen LogP contribution in [0.2, 0.25) is 0 Å². The second kappa shape index (κ2) is 5.30. The Morgan fingerprint density at radius 2 is 2.07 bits per heavy atom. The van der Waals surface area contributed by atoms with Gasteiger partial charge in [0.2, 0.25) is 0 Å². The first kappa shape index (κ1) is 13.4. The summed E-state index contributed by atoms with van der Waals surface area (Å²) in [7, 11) is 0. The number of nitriles is 1. The third-order valence-electron chi connectivity index (χ3n) is 1.41. The van der Waals surface area contributed by atoms with Crippen LogP contribution < -0.4 is 0 Å². The molecule has 0 saturated carbocycles. The van der Waals surface area contributed by atoms with Crippen molar-refractivity contribution in [3.05, 3.63) is 11.6 Å². The zero-order chi connectivity index (χ0) is 12.1. The van der Waals surface area contributed by atoms with E-state index in [4.69, 9.17) is 15.4 Å². The van der Waals surface area contributed by atoms with E-state index in [2.05, 4.69) is 0 Å². The van der Waals surface area contributed by atoms with Gasteiger partial charge in [0.05, 0.1) is 6.07 Å². The van der Waals surface area contributed by atoms with Crippen molar-refractivity contribution in [2.24, 2.45) is 0 Å². The zero-order valence-corrected chi connectivity index (χ0v) is 9.55. The molecule has 82 valence electrons. The van der Waals surface area contributed by atoms with Crippen LogP contribution in [0, 0.1) is 16.7 Å². The Morgan fingerprint density at radius 3 is 2.47 bits per heavy atom. The summed E-state index contributed by atoms with van der Waals surface area (Å²) in [6, 6.07) is 1.85. The standard InChI is InChI=1S/C11H16N2O2/c1-8(5-6-12)7-9(13)10(14)15-11(2,3)4/h5,13H,7H2,1-4H3. The molecule has 0 aromatic heterocycles. The van der Waals surface area contributed by atoms with Crippen LogP contribution in [0.5, 0.6) is 0 Å². The fourth-order valence-electron chi connectivity index (χ4n) is 0.852. The maximum Gasteiger partial charge on any atom is 0.352 e. The molecule has 0 amide bonds. The summed E-state index contributed by atoms with van der Waals surface area (Å²) in [4.78, 5) is 11.3. The Balaban J connectivity index is 4.31. The summed E-state index contributed by atoms with van der Waals surface area (Å²) in [6.45, 7) is 6.94. The summed E-state index contributed by atoms with van der Waals surface area (Å²) in [6.07, 6.45) is 1.47. The number of nitrogens with zero attached hydrogens (tertiary/aromatic N) is 1.